The van der Waals surface area contributed by atoms with Crippen LogP contribution in [0.3, 0.4) is 0 Å². The Balaban J connectivity index is 1.93. The lowest BCUT2D eigenvalue weighted by Crippen LogP contribution is -2.40. The van der Waals surface area contributed by atoms with Crippen molar-refractivity contribution in [1.82, 2.24) is 0 Å². The van der Waals surface area contributed by atoms with Crippen molar-refractivity contribution in [2.75, 3.05) is 0 Å². The largest absolute Gasteiger partial charge is 0.391 e. The molecular formula is C13H17F3OS. The summed E-state index contributed by atoms with van der Waals surface area (Å²) >= 11 is 1.58. The average molecular weight is 278 g/mol. The zero-order valence-corrected chi connectivity index (χ0v) is 10.9. The van der Waals surface area contributed by atoms with Gasteiger partial charge in [0.1, 0.15) is 0 Å². The molecule has 1 aromatic rings. The van der Waals surface area contributed by atoms with Crippen LogP contribution < -0.4 is 0 Å². The normalized spacial score (nSPS) is 29.4. The van der Waals surface area contributed by atoms with Gasteiger partial charge in [0.2, 0.25) is 0 Å². The Morgan fingerprint density at radius 1 is 1.44 bits per heavy atom. The van der Waals surface area contributed by atoms with E-state index in [1.165, 1.54) is 0 Å². The summed E-state index contributed by atoms with van der Waals surface area (Å²) in [5.41, 5.74) is -1.14. The quantitative estimate of drug-likeness (QED) is 0.880. The van der Waals surface area contributed by atoms with Gasteiger partial charge in [-0.05, 0) is 50.0 Å². The van der Waals surface area contributed by atoms with Gasteiger partial charge in [0, 0.05) is 4.88 Å². The summed E-state index contributed by atoms with van der Waals surface area (Å²) in [5, 5.41) is 12.3. The summed E-state index contributed by atoms with van der Waals surface area (Å²) in [6.07, 6.45) is -2.10. The highest BCUT2D eigenvalue weighted by molar-refractivity contribution is 7.09. The molecule has 18 heavy (non-hydrogen) atoms. The molecule has 1 aromatic heterocycles. The maximum Gasteiger partial charge on any atom is 0.391 e. The third-order valence-electron chi connectivity index (χ3n) is 3.70. The van der Waals surface area contributed by atoms with Crippen LogP contribution in [0.2, 0.25) is 0 Å². The van der Waals surface area contributed by atoms with E-state index in [0.29, 0.717) is 25.7 Å². The number of hydrogen-bond acceptors (Lipinski definition) is 2. The van der Waals surface area contributed by atoms with Gasteiger partial charge in [-0.15, -0.1) is 11.3 Å². The van der Waals surface area contributed by atoms with Gasteiger partial charge in [-0.25, -0.2) is 0 Å². The van der Waals surface area contributed by atoms with E-state index >= 15 is 0 Å². The maximum atomic E-state index is 12.7. The highest BCUT2D eigenvalue weighted by atomic mass is 32.1. The van der Waals surface area contributed by atoms with E-state index in [4.69, 9.17) is 0 Å². The second-order valence-electron chi connectivity index (χ2n) is 5.14. The molecule has 2 atom stereocenters. The Morgan fingerprint density at radius 3 is 2.83 bits per heavy atom. The van der Waals surface area contributed by atoms with E-state index in [2.05, 4.69) is 0 Å². The van der Waals surface area contributed by atoms with E-state index in [9.17, 15) is 18.3 Å². The molecule has 1 heterocycles. The van der Waals surface area contributed by atoms with Crippen molar-refractivity contribution in [3.05, 3.63) is 22.4 Å². The fourth-order valence-corrected chi connectivity index (χ4v) is 3.37. The molecule has 0 amide bonds. The van der Waals surface area contributed by atoms with Crippen molar-refractivity contribution in [2.45, 2.75) is 50.3 Å². The van der Waals surface area contributed by atoms with Crippen LogP contribution in [-0.4, -0.2) is 16.9 Å². The maximum absolute atomic E-state index is 12.7. The first-order valence-electron chi connectivity index (χ1n) is 6.21. The number of hydrogen-bond donors (Lipinski definition) is 1. The van der Waals surface area contributed by atoms with Crippen LogP contribution in [0.1, 0.15) is 37.0 Å². The van der Waals surface area contributed by atoms with E-state index in [-0.39, 0.29) is 12.8 Å². The lowest BCUT2D eigenvalue weighted by Gasteiger charge is -2.37. The predicted octanol–water partition coefficient (Wildman–Crippen LogP) is 4.16. The molecule has 0 saturated heterocycles. The van der Waals surface area contributed by atoms with Gasteiger partial charge in [0.05, 0.1) is 11.5 Å². The van der Waals surface area contributed by atoms with E-state index in [0.717, 1.165) is 4.88 Å². The van der Waals surface area contributed by atoms with Crippen LogP contribution in [0.4, 0.5) is 13.2 Å². The molecule has 0 aromatic carbocycles. The molecule has 1 aliphatic carbocycles. The molecule has 0 bridgehead atoms. The Labute approximate surface area is 109 Å². The van der Waals surface area contributed by atoms with Gasteiger partial charge < -0.3 is 5.11 Å². The molecule has 102 valence electrons. The molecule has 0 radical (unpaired) electrons. The Hall–Kier alpha value is -0.550. The smallest absolute Gasteiger partial charge is 0.390 e. The second kappa shape index (κ2) is 5.21. The topological polar surface area (TPSA) is 20.2 Å². The number of alkyl halides is 3. The molecule has 1 saturated carbocycles. The Morgan fingerprint density at radius 2 is 2.22 bits per heavy atom. The second-order valence-corrected chi connectivity index (χ2v) is 6.17. The van der Waals surface area contributed by atoms with E-state index in [1.807, 2.05) is 17.5 Å². The van der Waals surface area contributed by atoms with Crippen LogP contribution in [0.5, 0.6) is 0 Å². The molecule has 1 nitrogen and oxygen atoms in total. The highest BCUT2D eigenvalue weighted by Gasteiger charge is 2.46. The van der Waals surface area contributed by atoms with Crippen LogP contribution in [0, 0.1) is 5.92 Å². The number of rotatable bonds is 3. The zero-order valence-electron chi connectivity index (χ0n) is 10.0. The molecule has 5 heteroatoms. The van der Waals surface area contributed by atoms with Crippen molar-refractivity contribution in [3.63, 3.8) is 0 Å². The van der Waals surface area contributed by atoms with E-state index in [1.54, 1.807) is 11.3 Å². The van der Waals surface area contributed by atoms with Crippen molar-refractivity contribution < 1.29 is 18.3 Å². The summed E-state index contributed by atoms with van der Waals surface area (Å²) < 4.78 is 38.1. The summed E-state index contributed by atoms with van der Waals surface area (Å²) in [4.78, 5) is 1.12. The first-order valence-corrected chi connectivity index (χ1v) is 7.08. The van der Waals surface area contributed by atoms with Gasteiger partial charge in [0.25, 0.3) is 0 Å². The van der Waals surface area contributed by atoms with Gasteiger partial charge >= 0.3 is 6.18 Å². The van der Waals surface area contributed by atoms with Crippen molar-refractivity contribution in [3.8, 4) is 0 Å². The Kier molecular flexibility index (Phi) is 4.02. The fraction of sp³-hybridized carbons (Fsp3) is 0.692. The molecule has 1 aliphatic rings. The lowest BCUT2D eigenvalue weighted by molar-refractivity contribution is -0.201. The molecule has 2 rings (SSSR count). The van der Waals surface area contributed by atoms with Crippen molar-refractivity contribution >= 4 is 11.3 Å². The number of halogens is 3. The first-order chi connectivity index (χ1) is 8.39. The predicted molar refractivity (Wildman–Crippen MR) is 65.6 cm³/mol. The minimum Gasteiger partial charge on any atom is -0.390 e. The molecule has 1 N–H and O–H groups in total. The van der Waals surface area contributed by atoms with Crippen LogP contribution >= 0.6 is 11.3 Å². The van der Waals surface area contributed by atoms with Crippen LogP contribution in [-0.2, 0) is 6.42 Å². The summed E-state index contributed by atoms with van der Waals surface area (Å²) in [6, 6.07) is 3.88. The molecule has 0 spiro atoms. The Bertz CT molecular complexity index is 374. The van der Waals surface area contributed by atoms with Crippen LogP contribution in [0.15, 0.2) is 17.5 Å². The monoisotopic (exact) mass is 278 g/mol. The standard InChI is InChI=1S/C13H17F3OS/c14-13(15,16)10-3-1-6-12(17,9-10)7-5-11-4-2-8-18-11/h2,4,8,10,17H,1,3,5-7,9H2. The third kappa shape index (κ3) is 3.48. The summed E-state index contributed by atoms with van der Waals surface area (Å²) in [6.45, 7) is 0. The highest BCUT2D eigenvalue weighted by Crippen LogP contribution is 2.43. The van der Waals surface area contributed by atoms with Crippen molar-refractivity contribution in [1.29, 1.82) is 0 Å². The average Bonchev–Trinajstić information content (AvgIpc) is 2.78. The molecule has 1 fully saturated rings. The van der Waals surface area contributed by atoms with Gasteiger partial charge in [-0.3, -0.25) is 0 Å². The molecule has 0 aliphatic heterocycles. The molecular weight excluding hydrogens is 261 g/mol. The summed E-state index contributed by atoms with van der Waals surface area (Å²) in [7, 11) is 0. The minimum absolute atomic E-state index is 0.137. The van der Waals surface area contributed by atoms with Crippen molar-refractivity contribution in [2.24, 2.45) is 5.92 Å². The SMILES string of the molecule is OC1(CCc2cccs2)CCCC(C(F)(F)F)C1. The number of aryl methyl sites for hydroxylation is 1. The number of thiophene rings is 1. The fourth-order valence-electron chi connectivity index (χ4n) is 2.66. The van der Waals surface area contributed by atoms with Gasteiger partial charge in [-0.2, -0.15) is 13.2 Å². The first kappa shape index (κ1) is 13.9. The van der Waals surface area contributed by atoms with E-state index < -0.39 is 17.7 Å². The molecule has 2 unspecified atom stereocenters. The lowest BCUT2D eigenvalue weighted by atomic mass is 9.75. The van der Waals surface area contributed by atoms with Crippen LogP contribution in [0.25, 0.3) is 0 Å². The number of aliphatic hydroxyl groups is 1. The third-order valence-corrected chi connectivity index (χ3v) is 4.64. The minimum atomic E-state index is -4.17. The zero-order chi connectivity index (χ0) is 13.2. The summed E-state index contributed by atoms with van der Waals surface area (Å²) in [5.74, 6) is -1.33. The van der Waals surface area contributed by atoms with Gasteiger partial charge in [0.15, 0.2) is 0 Å². The van der Waals surface area contributed by atoms with Gasteiger partial charge in [-0.1, -0.05) is 6.07 Å².